The third-order valence-corrected chi connectivity index (χ3v) is 16.1. The van der Waals surface area contributed by atoms with E-state index in [4.69, 9.17) is 18.9 Å². The van der Waals surface area contributed by atoms with E-state index in [1.165, 1.54) is 20.8 Å². The summed E-state index contributed by atoms with van der Waals surface area (Å²) in [5.41, 5.74) is -3.24. The minimum atomic E-state index is -2.04. The third-order valence-electron chi connectivity index (χ3n) is 16.1. The highest BCUT2D eigenvalue weighted by Crippen LogP contribution is 2.89. The van der Waals surface area contributed by atoms with Crippen LogP contribution in [0.25, 0.3) is 0 Å². The number of esters is 1. The lowest BCUT2D eigenvalue weighted by atomic mass is 9.41. The van der Waals surface area contributed by atoms with E-state index in [9.17, 15) is 40.5 Å². The number of carbonyl (C=O) groups is 1. The van der Waals surface area contributed by atoms with Crippen molar-refractivity contribution in [3.05, 3.63) is 0 Å². The van der Waals surface area contributed by atoms with Crippen molar-refractivity contribution in [2.24, 2.45) is 50.7 Å². The van der Waals surface area contributed by atoms with Gasteiger partial charge in [-0.25, -0.2) is 0 Å². The van der Waals surface area contributed by atoms with Crippen molar-refractivity contribution < 1.29 is 59.5 Å². The zero-order valence-corrected chi connectivity index (χ0v) is 30.3. The number of carbonyl (C=O) groups excluding carboxylic acids is 1. The van der Waals surface area contributed by atoms with Crippen molar-refractivity contribution in [1.82, 2.24) is 0 Å². The van der Waals surface area contributed by atoms with Crippen LogP contribution in [0.4, 0.5) is 0 Å². The minimum absolute atomic E-state index is 0.0251. The Morgan fingerprint density at radius 1 is 0.898 bits per heavy atom. The van der Waals surface area contributed by atoms with Crippen molar-refractivity contribution in [1.29, 1.82) is 0 Å². The fraction of sp³-hybridized carbons (Fsp3) is 0.973. The molecule has 280 valence electrons. The molecule has 5 saturated carbocycles. The van der Waals surface area contributed by atoms with E-state index in [-0.39, 0.29) is 34.9 Å². The number of rotatable bonds is 5. The molecule has 18 atom stereocenters. The van der Waals surface area contributed by atoms with E-state index in [1.54, 1.807) is 0 Å². The molecule has 2 heterocycles. The molecule has 0 aromatic rings. The molecule has 12 heteroatoms. The summed E-state index contributed by atoms with van der Waals surface area (Å²) < 4.78 is 24.0. The number of aliphatic hydroxyl groups excluding tert-OH is 5. The molecule has 49 heavy (non-hydrogen) atoms. The van der Waals surface area contributed by atoms with Crippen LogP contribution in [0.1, 0.15) is 100 Å². The predicted octanol–water partition coefficient (Wildman–Crippen LogP) is 1.62. The molecule has 2 spiro atoms. The summed E-state index contributed by atoms with van der Waals surface area (Å²) >= 11 is 0. The van der Waals surface area contributed by atoms with Gasteiger partial charge in [-0.1, -0.05) is 34.6 Å². The Hall–Kier alpha value is -0.930. The van der Waals surface area contributed by atoms with Crippen LogP contribution in [0, 0.1) is 50.7 Å². The van der Waals surface area contributed by atoms with Gasteiger partial charge in [-0.05, 0) is 98.2 Å². The zero-order valence-electron chi connectivity index (χ0n) is 30.3. The Labute approximate surface area is 289 Å². The lowest BCUT2D eigenvalue weighted by Gasteiger charge is -2.63. The lowest BCUT2D eigenvalue weighted by molar-refractivity contribution is -0.362. The first-order chi connectivity index (χ1) is 22.5. The van der Waals surface area contributed by atoms with Gasteiger partial charge >= 0.3 is 5.97 Å². The summed E-state index contributed by atoms with van der Waals surface area (Å²) in [6.07, 6.45) is -3.99. The van der Waals surface area contributed by atoms with E-state index < -0.39 is 89.0 Å². The van der Waals surface area contributed by atoms with Gasteiger partial charge < -0.3 is 54.7 Å². The predicted molar refractivity (Wildman–Crippen MR) is 173 cm³/mol. The molecule has 0 radical (unpaired) electrons. The Morgan fingerprint density at radius 2 is 1.53 bits per heavy atom. The molecular weight excluding hydrogens is 636 g/mol. The SMILES string of the molecule is CC(=O)O[C@@H]([C@H]1O[C@@]2(O)[C@H](O)[C@@]3(C)[C@@H]4CC[C@@H]5C(C)(C)[C@H](O[C@@H]6OC[C@@H](O)[C@H](O)[C@H]6O)CC[C@]56C[C@]46CC[C@@]3(C)[C@H]2[C@@H](C)[C@H]1O)C(C)(C)O. The second-order valence-corrected chi connectivity index (χ2v) is 18.9. The highest BCUT2D eigenvalue weighted by atomic mass is 16.7. The molecule has 0 unspecified atom stereocenters. The van der Waals surface area contributed by atoms with Crippen LogP contribution >= 0.6 is 0 Å². The summed E-state index contributed by atoms with van der Waals surface area (Å²) in [4.78, 5) is 12.1. The van der Waals surface area contributed by atoms with E-state index >= 15 is 0 Å². The van der Waals surface area contributed by atoms with Gasteiger partial charge in [-0.15, -0.1) is 0 Å². The first-order valence-electron chi connectivity index (χ1n) is 18.5. The molecule has 2 aliphatic heterocycles. The largest absolute Gasteiger partial charge is 0.457 e. The second kappa shape index (κ2) is 11.1. The van der Waals surface area contributed by atoms with Crippen LogP contribution < -0.4 is 0 Å². The van der Waals surface area contributed by atoms with Gasteiger partial charge in [0.05, 0.1) is 24.4 Å². The molecular formula is C37H60O12. The zero-order chi connectivity index (χ0) is 36.1. The standard InChI is InChI=1S/C37H60O12/c1-17-23(40)26(28(32(5,6)44)47-18(2)38)49-37(45)27(17)33(7)13-14-36-16-35(36)12-11-22(48-29-25(42)24(41)19(39)15-46-29)31(3,4)20(35)9-10-21(36)34(33,8)30(37)43/h17,19-30,39-45H,9-16H2,1-8H3/t17-,19+,20+,21-,22+,23+,24-,25+,26-,27+,28-,29-,30+,33-,34+,35-,36+,37+/m0/s1. The molecule has 0 bridgehead atoms. The van der Waals surface area contributed by atoms with Crippen molar-refractivity contribution in [2.75, 3.05) is 6.61 Å². The van der Waals surface area contributed by atoms with Crippen molar-refractivity contribution >= 4 is 5.97 Å². The van der Waals surface area contributed by atoms with Gasteiger partial charge in [0.15, 0.2) is 18.2 Å². The summed E-state index contributed by atoms with van der Waals surface area (Å²) in [7, 11) is 0. The van der Waals surface area contributed by atoms with Gasteiger partial charge in [-0.3, -0.25) is 4.79 Å². The molecule has 0 amide bonds. The number of hydrogen-bond donors (Lipinski definition) is 7. The van der Waals surface area contributed by atoms with Crippen LogP contribution in [0.15, 0.2) is 0 Å². The Bertz CT molecular complexity index is 1330. The smallest absolute Gasteiger partial charge is 0.303 e. The van der Waals surface area contributed by atoms with E-state index in [2.05, 4.69) is 27.7 Å². The van der Waals surface area contributed by atoms with Crippen molar-refractivity contribution in [3.63, 3.8) is 0 Å². The molecule has 7 fully saturated rings. The van der Waals surface area contributed by atoms with Crippen molar-refractivity contribution in [2.45, 2.75) is 167 Å². The molecule has 7 N–H and O–H groups in total. The summed E-state index contributed by atoms with van der Waals surface area (Å²) in [6.45, 7) is 14.6. The average molecular weight is 697 g/mol. The summed E-state index contributed by atoms with van der Waals surface area (Å²) in [5.74, 6) is -3.44. The average Bonchev–Trinajstić information content (AvgIpc) is 3.65. The maximum absolute atomic E-state index is 12.6. The van der Waals surface area contributed by atoms with Crippen LogP contribution in [0.3, 0.4) is 0 Å². The van der Waals surface area contributed by atoms with Gasteiger partial charge in [0, 0.05) is 18.3 Å². The van der Waals surface area contributed by atoms with Crippen LogP contribution in [0.5, 0.6) is 0 Å². The number of ether oxygens (including phenoxy) is 4. The third kappa shape index (κ3) is 4.54. The van der Waals surface area contributed by atoms with E-state index in [0.29, 0.717) is 5.92 Å². The molecule has 12 nitrogen and oxygen atoms in total. The Kier molecular flexibility index (Phi) is 8.22. The molecule has 7 aliphatic rings. The summed E-state index contributed by atoms with van der Waals surface area (Å²) in [5, 5.41) is 78.7. The quantitative estimate of drug-likeness (QED) is 0.162. The maximum atomic E-state index is 12.6. The van der Waals surface area contributed by atoms with Gasteiger partial charge in [0.1, 0.15) is 30.5 Å². The summed E-state index contributed by atoms with van der Waals surface area (Å²) in [6, 6.07) is 0. The van der Waals surface area contributed by atoms with Crippen LogP contribution in [-0.2, 0) is 23.7 Å². The van der Waals surface area contributed by atoms with Gasteiger partial charge in [0.2, 0.25) is 0 Å². The number of fused-ring (bicyclic) bond motifs is 4. The second-order valence-electron chi connectivity index (χ2n) is 18.9. The van der Waals surface area contributed by atoms with Crippen molar-refractivity contribution in [3.8, 4) is 0 Å². The molecule has 0 aromatic heterocycles. The first kappa shape index (κ1) is 36.4. The number of aliphatic hydroxyl groups is 7. The highest BCUT2D eigenvalue weighted by Gasteiger charge is 2.87. The molecule has 7 rings (SSSR count). The van der Waals surface area contributed by atoms with Crippen LogP contribution in [0.2, 0.25) is 0 Å². The topological polar surface area (TPSA) is 196 Å². The number of hydrogen-bond acceptors (Lipinski definition) is 12. The Morgan fingerprint density at radius 3 is 2.16 bits per heavy atom. The van der Waals surface area contributed by atoms with E-state index in [0.717, 1.165) is 44.9 Å². The molecule has 2 saturated heterocycles. The van der Waals surface area contributed by atoms with Gasteiger partial charge in [0.25, 0.3) is 0 Å². The van der Waals surface area contributed by atoms with Crippen LogP contribution in [-0.4, -0.2) is 115 Å². The molecule has 0 aromatic carbocycles. The monoisotopic (exact) mass is 696 g/mol. The fourth-order valence-corrected chi connectivity index (χ4v) is 13.7. The molecule has 5 aliphatic carbocycles. The highest BCUT2D eigenvalue weighted by molar-refractivity contribution is 5.66. The normalized spacial score (nSPS) is 56.7. The van der Waals surface area contributed by atoms with E-state index in [1.807, 2.05) is 6.92 Å². The minimum Gasteiger partial charge on any atom is -0.457 e. The maximum Gasteiger partial charge on any atom is 0.303 e. The Balaban J connectivity index is 1.18. The van der Waals surface area contributed by atoms with Gasteiger partial charge in [-0.2, -0.15) is 0 Å². The first-order valence-corrected chi connectivity index (χ1v) is 18.5. The lowest BCUT2D eigenvalue weighted by Crippen LogP contribution is -2.66. The fourth-order valence-electron chi connectivity index (χ4n) is 13.7.